The molecule has 0 saturated carbocycles. The van der Waals surface area contributed by atoms with Gasteiger partial charge in [-0.05, 0) is 19.2 Å². The molecule has 1 aromatic heterocycles. The van der Waals surface area contributed by atoms with Crippen LogP contribution in [0.15, 0.2) is 22.8 Å². The van der Waals surface area contributed by atoms with Crippen LogP contribution in [0.2, 0.25) is 0 Å². The lowest BCUT2D eigenvalue weighted by atomic mass is 10.2. The van der Waals surface area contributed by atoms with Gasteiger partial charge in [0.2, 0.25) is 11.8 Å². The van der Waals surface area contributed by atoms with Crippen LogP contribution < -0.4 is 0 Å². The fourth-order valence-electron chi connectivity index (χ4n) is 3.12. The van der Waals surface area contributed by atoms with Crippen molar-refractivity contribution in [3.8, 4) is 0 Å². The van der Waals surface area contributed by atoms with Gasteiger partial charge in [0.05, 0.1) is 6.26 Å². The molecule has 2 aliphatic heterocycles. The fraction of sp³-hybridized carbons (Fsp3) is 0.588. The monoisotopic (exact) mass is 348 g/mol. The Hall–Kier alpha value is -2.35. The molecule has 8 nitrogen and oxygen atoms in total. The Kier molecular flexibility index (Phi) is 5.37. The van der Waals surface area contributed by atoms with Gasteiger partial charge >= 0.3 is 0 Å². The molecule has 0 bridgehead atoms. The van der Waals surface area contributed by atoms with E-state index in [9.17, 15) is 14.4 Å². The summed E-state index contributed by atoms with van der Waals surface area (Å²) in [5, 5.41) is 0. The van der Waals surface area contributed by atoms with Crippen LogP contribution in [0.25, 0.3) is 0 Å². The Morgan fingerprint density at radius 3 is 1.92 bits per heavy atom. The second-order valence-corrected chi connectivity index (χ2v) is 6.51. The number of hydrogen-bond donors (Lipinski definition) is 0. The number of rotatable bonds is 3. The average molecular weight is 348 g/mol. The third-order valence-electron chi connectivity index (χ3n) is 4.81. The summed E-state index contributed by atoms with van der Waals surface area (Å²) in [5.74, 6) is -0.114. The smallest absolute Gasteiger partial charge is 0.289 e. The van der Waals surface area contributed by atoms with Gasteiger partial charge in [0.1, 0.15) is 6.42 Å². The maximum Gasteiger partial charge on any atom is 0.289 e. The molecule has 0 unspecified atom stereocenters. The molecule has 0 aromatic carbocycles. The van der Waals surface area contributed by atoms with Crippen molar-refractivity contribution in [1.82, 2.24) is 19.6 Å². The van der Waals surface area contributed by atoms with E-state index in [1.54, 1.807) is 26.8 Å². The summed E-state index contributed by atoms with van der Waals surface area (Å²) in [6.07, 6.45) is 1.38. The third-order valence-corrected chi connectivity index (χ3v) is 4.81. The van der Waals surface area contributed by atoms with Crippen LogP contribution in [0.5, 0.6) is 0 Å². The lowest BCUT2D eigenvalue weighted by Gasteiger charge is -2.35. The van der Waals surface area contributed by atoms with Crippen molar-refractivity contribution in [2.24, 2.45) is 0 Å². The van der Waals surface area contributed by atoms with Crippen molar-refractivity contribution in [2.45, 2.75) is 6.42 Å². The SMILES string of the molecule is CN1CCN(C(=O)CC(=O)N2CCN(C(=O)c3ccco3)CC2)CC1. The Morgan fingerprint density at radius 1 is 0.880 bits per heavy atom. The van der Waals surface area contributed by atoms with Gasteiger partial charge in [0.25, 0.3) is 5.91 Å². The van der Waals surface area contributed by atoms with Gasteiger partial charge in [0, 0.05) is 52.4 Å². The standard InChI is InChI=1S/C17H24N4O4/c1-18-4-6-19(7-5-18)15(22)13-16(23)20-8-10-21(11-9-20)17(24)14-3-2-12-25-14/h2-3,12H,4-11,13H2,1H3. The highest BCUT2D eigenvalue weighted by molar-refractivity contribution is 5.97. The number of carbonyl (C=O) groups is 3. The van der Waals surface area contributed by atoms with Crippen molar-refractivity contribution in [2.75, 3.05) is 59.4 Å². The normalized spacial score (nSPS) is 19.2. The largest absolute Gasteiger partial charge is 0.459 e. The van der Waals surface area contributed by atoms with Crippen LogP contribution in [0, 0.1) is 0 Å². The molecule has 3 amide bonds. The maximum absolute atomic E-state index is 12.4. The summed E-state index contributed by atoms with van der Waals surface area (Å²) in [7, 11) is 2.02. The van der Waals surface area contributed by atoms with Gasteiger partial charge in [-0.2, -0.15) is 0 Å². The lowest BCUT2D eigenvalue weighted by molar-refractivity contribution is -0.142. The van der Waals surface area contributed by atoms with Crippen LogP contribution in [0.4, 0.5) is 0 Å². The minimum absolute atomic E-state index is 0.0875. The molecule has 3 heterocycles. The number of hydrogen-bond acceptors (Lipinski definition) is 5. The lowest BCUT2D eigenvalue weighted by Crippen LogP contribution is -2.52. The zero-order valence-electron chi connectivity index (χ0n) is 14.5. The molecule has 2 saturated heterocycles. The molecule has 8 heteroatoms. The second kappa shape index (κ2) is 7.69. The number of furan rings is 1. The quantitative estimate of drug-likeness (QED) is 0.703. The fourth-order valence-corrected chi connectivity index (χ4v) is 3.12. The molecule has 3 rings (SSSR count). The van der Waals surface area contributed by atoms with Crippen LogP contribution in [-0.2, 0) is 9.59 Å². The highest BCUT2D eigenvalue weighted by Gasteiger charge is 2.28. The number of nitrogens with zero attached hydrogens (tertiary/aromatic N) is 4. The van der Waals surface area contributed by atoms with E-state index in [1.807, 2.05) is 7.05 Å². The molecule has 0 aliphatic carbocycles. The van der Waals surface area contributed by atoms with Gasteiger partial charge in [0.15, 0.2) is 5.76 Å². The van der Waals surface area contributed by atoms with Gasteiger partial charge in [-0.25, -0.2) is 0 Å². The second-order valence-electron chi connectivity index (χ2n) is 6.51. The zero-order chi connectivity index (χ0) is 17.8. The van der Waals surface area contributed by atoms with Crippen molar-refractivity contribution in [3.05, 3.63) is 24.2 Å². The molecule has 0 radical (unpaired) electrons. The Labute approximate surface area is 146 Å². The zero-order valence-corrected chi connectivity index (χ0v) is 14.5. The van der Waals surface area contributed by atoms with Gasteiger partial charge in [-0.3, -0.25) is 14.4 Å². The minimum atomic E-state index is -0.161. The molecule has 25 heavy (non-hydrogen) atoms. The topological polar surface area (TPSA) is 77.3 Å². The van der Waals surface area contributed by atoms with E-state index in [0.717, 1.165) is 13.1 Å². The van der Waals surface area contributed by atoms with E-state index in [0.29, 0.717) is 45.0 Å². The first-order chi connectivity index (χ1) is 12.0. The van der Waals surface area contributed by atoms with Crippen LogP contribution in [0.1, 0.15) is 17.0 Å². The highest BCUT2D eigenvalue weighted by Crippen LogP contribution is 2.11. The first kappa shape index (κ1) is 17.5. The van der Waals surface area contributed by atoms with E-state index < -0.39 is 0 Å². The predicted molar refractivity (Wildman–Crippen MR) is 89.9 cm³/mol. The van der Waals surface area contributed by atoms with Gasteiger partial charge < -0.3 is 24.0 Å². The van der Waals surface area contributed by atoms with Crippen LogP contribution in [-0.4, -0.2) is 96.7 Å². The summed E-state index contributed by atoms with van der Waals surface area (Å²) in [6.45, 7) is 4.83. The Balaban J connectivity index is 1.45. The number of amides is 3. The molecule has 0 atom stereocenters. The molecule has 0 spiro atoms. The van der Waals surface area contributed by atoms with Gasteiger partial charge in [-0.1, -0.05) is 0 Å². The van der Waals surface area contributed by atoms with Crippen molar-refractivity contribution in [3.63, 3.8) is 0 Å². The minimum Gasteiger partial charge on any atom is -0.459 e. The molecule has 136 valence electrons. The molecule has 1 aromatic rings. The summed E-state index contributed by atoms with van der Waals surface area (Å²) < 4.78 is 5.12. The number of likely N-dealkylation sites (N-methyl/N-ethyl adjacent to an activating group) is 1. The first-order valence-corrected chi connectivity index (χ1v) is 8.61. The summed E-state index contributed by atoms with van der Waals surface area (Å²) in [6, 6.07) is 3.31. The number of carbonyl (C=O) groups excluding carboxylic acids is 3. The molecular weight excluding hydrogens is 324 g/mol. The van der Waals surface area contributed by atoms with Crippen molar-refractivity contribution >= 4 is 17.7 Å². The third kappa shape index (κ3) is 4.19. The maximum atomic E-state index is 12.4. The van der Waals surface area contributed by atoms with Crippen molar-refractivity contribution in [1.29, 1.82) is 0 Å². The van der Waals surface area contributed by atoms with Gasteiger partial charge in [-0.15, -0.1) is 0 Å². The first-order valence-electron chi connectivity index (χ1n) is 8.61. The number of piperazine rings is 2. The Morgan fingerprint density at radius 2 is 1.40 bits per heavy atom. The van der Waals surface area contributed by atoms with E-state index >= 15 is 0 Å². The molecular formula is C17H24N4O4. The van der Waals surface area contributed by atoms with E-state index in [2.05, 4.69) is 4.90 Å². The Bertz CT molecular complexity index is 615. The average Bonchev–Trinajstić information content (AvgIpc) is 3.16. The van der Waals surface area contributed by atoms with E-state index in [1.165, 1.54) is 6.26 Å². The predicted octanol–water partition coefficient (Wildman–Crippen LogP) is -0.272. The van der Waals surface area contributed by atoms with Crippen LogP contribution >= 0.6 is 0 Å². The van der Waals surface area contributed by atoms with E-state index in [4.69, 9.17) is 4.42 Å². The summed E-state index contributed by atoms with van der Waals surface area (Å²) in [5.41, 5.74) is 0. The van der Waals surface area contributed by atoms with Crippen molar-refractivity contribution < 1.29 is 18.8 Å². The summed E-state index contributed by atoms with van der Waals surface area (Å²) >= 11 is 0. The summed E-state index contributed by atoms with van der Waals surface area (Å²) in [4.78, 5) is 44.1. The van der Waals surface area contributed by atoms with Crippen LogP contribution in [0.3, 0.4) is 0 Å². The van der Waals surface area contributed by atoms with E-state index in [-0.39, 0.29) is 24.1 Å². The molecule has 2 fully saturated rings. The molecule has 2 aliphatic rings. The highest BCUT2D eigenvalue weighted by atomic mass is 16.3. The molecule has 0 N–H and O–H groups in total.